The van der Waals surface area contributed by atoms with Gasteiger partial charge in [0.1, 0.15) is 0 Å². The van der Waals surface area contributed by atoms with Gasteiger partial charge < -0.3 is 0 Å². The number of aromatic nitrogens is 1. The minimum Gasteiger partial charge on any atom is -0.255 e. The summed E-state index contributed by atoms with van der Waals surface area (Å²) in [6.07, 6.45) is 1.86. The first kappa shape index (κ1) is 11.3. The van der Waals surface area contributed by atoms with E-state index in [0.717, 1.165) is 11.3 Å². The van der Waals surface area contributed by atoms with E-state index in [0.29, 0.717) is 0 Å². The van der Waals surface area contributed by atoms with Crippen LogP contribution in [-0.4, -0.2) is 4.98 Å². The Labute approximate surface area is 111 Å². The molecule has 0 N–H and O–H groups in total. The Morgan fingerprint density at radius 3 is 2.56 bits per heavy atom. The number of nitrogens with zero attached hydrogens (tertiary/aromatic N) is 1. The molecule has 88 valence electrons. The maximum Gasteiger partial charge on any atom is 0.0837 e. The molecule has 0 unspecified atom stereocenters. The van der Waals surface area contributed by atoms with E-state index in [1.807, 2.05) is 30.1 Å². The summed E-state index contributed by atoms with van der Waals surface area (Å²) < 4.78 is 0. The van der Waals surface area contributed by atoms with Crippen LogP contribution in [0.25, 0.3) is 10.9 Å². The van der Waals surface area contributed by atoms with Crippen LogP contribution in [0.2, 0.25) is 0 Å². The lowest BCUT2D eigenvalue weighted by molar-refractivity contribution is 1.34. The van der Waals surface area contributed by atoms with Gasteiger partial charge in [-0.1, -0.05) is 48.5 Å². The summed E-state index contributed by atoms with van der Waals surface area (Å²) in [6, 6.07) is 21.0. The smallest absolute Gasteiger partial charge is 0.0837 e. The van der Waals surface area contributed by atoms with Crippen molar-refractivity contribution in [2.45, 2.75) is 10.6 Å². The van der Waals surface area contributed by atoms with Crippen molar-refractivity contribution in [3.8, 4) is 0 Å². The highest BCUT2D eigenvalue weighted by molar-refractivity contribution is 7.98. The third kappa shape index (κ3) is 2.39. The molecule has 0 atom stereocenters. The molecule has 0 aliphatic heterocycles. The van der Waals surface area contributed by atoms with Crippen LogP contribution in [0.15, 0.2) is 71.8 Å². The molecule has 0 spiro atoms. The maximum atomic E-state index is 4.47. The molecule has 1 heterocycles. The van der Waals surface area contributed by atoms with Crippen molar-refractivity contribution in [2.24, 2.45) is 0 Å². The van der Waals surface area contributed by atoms with Gasteiger partial charge in [0.25, 0.3) is 0 Å². The van der Waals surface area contributed by atoms with Crippen molar-refractivity contribution >= 4 is 22.7 Å². The second-order valence-electron chi connectivity index (χ2n) is 4.11. The molecule has 0 aliphatic rings. The van der Waals surface area contributed by atoms with Gasteiger partial charge >= 0.3 is 0 Å². The minimum absolute atomic E-state index is 0.983. The number of pyridine rings is 1. The zero-order chi connectivity index (χ0) is 12.2. The maximum absolute atomic E-state index is 4.47. The lowest BCUT2D eigenvalue weighted by Crippen LogP contribution is -1.83. The Morgan fingerprint density at radius 1 is 0.833 bits per heavy atom. The molecule has 2 aromatic carbocycles. The number of thioether (sulfide) groups is 1. The Balaban J connectivity index is 1.87. The van der Waals surface area contributed by atoms with Crippen molar-refractivity contribution in [3.63, 3.8) is 0 Å². The van der Waals surface area contributed by atoms with Gasteiger partial charge in [0, 0.05) is 22.2 Å². The number of benzene rings is 2. The summed E-state index contributed by atoms with van der Waals surface area (Å²) in [7, 11) is 0. The van der Waals surface area contributed by atoms with Gasteiger partial charge in [0.05, 0.1) is 5.52 Å². The fourth-order valence-corrected chi connectivity index (χ4v) is 2.92. The lowest BCUT2D eigenvalue weighted by atomic mass is 10.2. The van der Waals surface area contributed by atoms with Crippen LogP contribution in [0.3, 0.4) is 0 Å². The number of hydrogen-bond donors (Lipinski definition) is 0. The molecule has 1 aromatic heterocycles. The first-order valence-electron chi connectivity index (χ1n) is 5.94. The standard InChI is InChI=1S/C16H13NS/c1-2-6-13(7-3-1)12-18-15-10-4-8-14-9-5-11-17-16(14)15/h1-11H,12H2. The monoisotopic (exact) mass is 251 g/mol. The predicted octanol–water partition coefficient (Wildman–Crippen LogP) is 4.53. The molecule has 0 saturated carbocycles. The Kier molecular flexibility index (Phi) is 3.29. The van der Waals surface area contributed by atoms with E-state index in [-0.39, 0.29) is 0 Å². The molecule has 0 radical (unpaired) electrons. The summed E-state index contributed by atoms with van der Waals surface area (Å²) in [5, 5.41) is 1.20. The van der Waals surface area contributed by atoms with E-state index < -0.39 is 0 Å². The van der Waals surface area contributed by atoms with Crippen LogP contribution >= 0.6 is 11.8 Å². The van der Waals surface area contributed by atoms with Crippen molar-refractivity contribution in [2.75, 3.05) is 0 Å². The molecule has 3 rings (SSSR count). The predicted molar refractivity (Wildman–Crippen MR) is 77.7 cm³/mol. The second-order valence-corrected chi connectivity index (χ2v) is 5.12. The molecule has 1 nitrogen and oxygen atoms in total. The third-order valence-corrected chi connectivity index (χ3v) is 3.95. The average Bonchev–Trinajstić information content (AvgIpc) is 2.46. The summed E-state index contributed by atoms with van der Waals surface area (Å²) in [5.74, 6) is 0.983. The number of para-hydroxylation sites is 1. The van der Waals surface area contributed by atoms with E-state index in [4.69, 9.17) is 0 Å². The number of rotatable bonds is 3. The first-order chi connectivity index (χ1) is 8.93. The quantitative estimate of drug-likeness (QED) is 0.634. The molecule has 0 aliphatic carbocycles. The van der Waals surface area contributed by atoms with Crippen LogP contribution < -0.4 is 0 Å². The first-order valence-corrected chi connectivity index (χ1v) is 6.92. The van der Waals surface area contributed by atoms with E-state index in [2.05, 4.69) is 53.5 Å². The fourth-order valence-electron chi connectivity index (χ4n) is 1.93. The summed E-state index contributed by atoms with van der Waals surface area (Å²) in [4.78, 5) is 5.72. The largest absolute Gasteiger partial charge is 0.255 e. The normalized spacial score (nSPS) is 10.7. The summed E-state index contributed by atoms with van der Waals surface area (Å²) in [5.41, 5.74) is 2.44. The van der Waals surface area contributed by atoms with Gasteiger partial charge in [-0.25, -0.2) is 0 Å². The van der Waals surface area contributed by atoms with Crippen LogP contribution in [0, 0.1) is 0 Å². The SMILES string of the molecule is c1ccc(CSc2cccc3cccnc23)cc1. The lowest BCUT2D eigenvalue weighted by Gasteiger charge is -2.05. The van der Waals surface area contributed by atoms with Gasteiger partial charge in [0.15, 0.2) is 0 Å². The molecule has 0 fully saturated rings. The molecule has 0 bridgehead atoms. The van der Waals surface area contributed by atoms with Crippen molar-refractivity contribution in [1.82, 2.24) is 4.98 Å². The van der Waals surface area contributed by atoms with Crippen LogP contribution in [0.5, 0.6) is 0 Å². The summed E-state index contributed by atoms with van der Waals surface area (Å²) >= 11 is 1.84. The average molecular weight is 251 g/mol. The number of hydrogen-bond acceptors (Lipinski definition) is 2. The van der Waals surface area contributed by atoms with Gasteiger partial charge in [-0.15, -0.1) is 11.8 Å². The molecular weight excluding hydrogens is 238 g/mol. The van der Waals surface area contributed by atoms with Crippen molar-refractivity contribution in [3.05, 3.63) is 72.4 Å². The van der Waals surface area contributed by atoms with Crippen LogP contribution in [-0.2, 0) is 5.75 Å². The minimum atomic E-state index is 0.983. The van der Waals surface area contributed by atoms with Crippen molar-refractivity contribution < 1.29 is 0 Å². The van der Waals surface area contributed by atoms with Crippen molar-refractivity contribution in [1.29, 1.82) is 0 Å². The zero-order valence-electron chi connectivity index (χ0n) is 9.91. The van der Waals surface area contributed by atoms with Gasteiger partial charge in [-0.2, -0.15) is 0 Å². The van der Waals surface area contributed by atoms with E-state index in [1.165, 1.54) is 15.8 Å². The Hall–Kier alpha value is -1.80. The molecule has 2 heteroatoms. The Bertz CT molecular complexity index is 644. The van der Waals surface area contributed by atoms with E-state index in [1.54, 1.807) is 0 Å². The number of fused-ring (bicyclic) bond motifs is 1. The third-order valence-electron chi connectivity index (χ3n) is 2.83. The summed E-state index contributed by atoms with van der Waals surface area (Å²) in [6.45, 7) is 0. The van der Waals surface area contributed by atoms with Crippen LogP contribution in [0.4, 0.5) is 0 Å². The second kappa shape index (κ2) is 5.23. The molecule has 18 heavy (non-hydrogen) atoms. The molecular formula is C16H13NS. The van der Waals surface area contributed by atoms with Crippen LogP contribution in [0.1, 0.15) is 5.56 Å². The molecule has 0 amide bonds. The van der Waals surface area contributed by atoms with E-state index >= 15 is 0 Å². The molecule has 0 saturated heterocycles. The Morgan fingerprint density at radius 2 is 1.67 bits per heavy atom. The highest BCUT2D eigenvalue weighted by Gasteiger charge is 2.02. The topological polar surface area (TPSA) is 12.9 Å². The highest BCUT2D eigenvalue weighted by atomic mass is 32.2. The van der Waals surface area contributed by atoms with Gasteiger partial charge in [-0.3, -0.25) is 4.98 Å². The van der Waals surface area contributed by atoms with Gasteiger partial charge in [-0.05, 0) is 17.7 Å². The van der Waals surface area contributed by atoms with E-state index in [9.17, 15) is 0 Å². The molecule has 3 aromatic rings. The fraction of sp³-hybridized carbons (Fsp3) is 0.0625. The zero-order valence-corrected chi connectivity index (χ0v) is 10.7. The van der Waals surface area contributed by atoms with Gasteiger partial charge in [0.2, 0.25) is 0 Å². The highest BCUT2D eigenvalue weighted by Crippen LogP contribution is 2.28.